The average Bonchev–Trinajstić information content (AvgIpc) is 2.23. The molecule has 0 bridgehead atoms. The summed E-state index contributed by atoms with van der Waals surface area (Å²) in [6, 6.07) is -3.22. The second-order valence-corrected chi connectivity index (χ2v) is 4.13. The number of urea groups is 1. The summed E-state index contributed by atoms with van der Waals surface area (Å²) in [6.45, 7) is 1.02. The predicted molar refractivity (Wildman–Crippen MR) is 59.7 cm³/mol. The SMILES string of the molecule is COCC(NC(=O)N(CC(F)(F)F)C(C)C)C(=O)O. The van der Waals surface area contributed by atoms with Crippen molar-refractivity contribution in [2.24, 2.45) is 0 Å². The molecule has 19 heavy (non-hydrogen) atoms. The molecule has 0 aliphatic carbocycles. The Hall–Kier alpha value is -1.51. The third-order valence-corrected chi connectivity index (χ3v) is 2.16. The van der Waals surface area contributed by atoms with Gasteiger partial charge in [0, 0.05) is 13.2 Å². The molecule has 0 saturated carbocycles. The van der Waals surface area contributed by atoms with Crippen LogP contribution in [0.5, 0.6) is 0 Å². The first-order valence-electron chi connectivity index (χ1n) is 5.44. The van der Waals surface area contributed by atoms with Gasteiger partial charge >= 0.3 is 18.2 Å². The van der Waals surface area contributed by atoms with Crippen molar-refractivity contribution < 1.29 is 32.6 Å². The van der Waals surface area contributed by atoms with Gasteiger partial charge in [-0.3, -0.25) is 0 Å². The molecule has 0 aliphatic heterocycles. The summed E-state index contributed by atoms with van der Waals surface area (Å²) in [5.74, 6) is -1.38. The summed E-state index contributed by atoms with van der Waals surface area (Å²) >= 11 is 0. The van der Waals surface area contributed by atoms with Crippen LogP contribution in [0, 0.1) is 0 Å². The van der Waals surface area contributed by atoms with Crippen molar-refractivity contribution in [3.05, 3.63) is 0 Å². The van der Waals surface area contributed by atoms with Gasteiger partial charge in [0.25, 0.3) is 0 Å². The maximum atomic E-state index is 12.3. The van der Waals surface area contributed by atoms with Gasteiger partial charge in [-0.2, -0.15) is 13.2 Å². The molecule has 6 nitrogen and oxygen atoms in total. The van der Waals surface area contributed by atoms with Gasteiger partial charge in [0.05, 0.1) is 6.61 Å². The second kappa shape index (κ2) is 7.17. The van der Waals surface area contributed by atoms with Crippen LogP contribution in [0.25, 0.3) is 0 Å². The number of rotatable bonds is 6. The lowest BCUT2D eigenvalue weighted by molar-refractivity contribution is -0.143. The van der Waals surface area contributed by atoms with E-state index in [1.807, 2.05) is 5.32 Å². The van der Waals surface area contributed by atoms with Crippen LogP contribution in [-0.2, 0) is 9.53 Å². The van der Waals surface area contributed by atoms with Crippen LogP contribution in [0.4, 0.5) is 18.0 Å². The minimum Gasteiger partial charge on any atom is -0.480 e. The average molecular weight is 286 g/mol. The zero-order chi connectivity index (χ0) is 15.2. The van der Waals surface area contributed by atoms with E-state index in [2.05, 4.69) is 4.74 Å². The Morgan fingerprint density at radius 3 is 2.21 bits per heavy atom. The van der Waals surface area contributed by atoms with Gasteiger partial charge in [-0.15, -0.1) is 0 Å². The first-order valence-corrected chi connectivity index (χ1v) is 5.44. The number of nitrogens with one attached hydrogen (secondary N) is 1. The Kier molecular flexibility index (Phi) is 6.60. The summed E-state index contributed by atoms with van der Waals surface area (Å²) in [7, 11) is 1.22. The summed E-state index contributed by atoms with van der Waals surface area (Å²) < 4.78 is 41.5. The van der Waals surface area contributed by atoms with Crippen molar-refractivity contribution >= 4 is 12.0 Å². The number of carbonyl (C=O) groups is 2. The number of aliphatic carboxylic acids is 1. The molecule has 1 atom stereocenters. The first-order chi connectivity index (χ1) is 8.58. The van der Waals surface area contributed by atoms with Crippen molar-refractivity contribution in [3.63, 3.8) is 0 Å². The normalized spacial score (nSPS) is 13.2. The Bertz CT molecular complexity index is 320. The molecule has 0 saturated heterocycles. The van der Waals surface area contributed by atoms with E-state index in [0.29, 0.717) is 4.90 Å². The number of ether oxygens (including phenoxy) is 1. The molecule has 0 aliphatic rings. The van der Waals surface area contributed by atoms with E-state index in [4.69, 9.17) is 5.11 Å². The smallest absolute Gasteiger partial charge is 0.406 e. The van der Waals surface area contributed by atoms with E-state index in [9.17, 15) is 22.8 Å². The molecule has 0 fully saturated rings. The number of methoxy groups -OCH3 is 1. The molecule has 0 spiro atoms. The molecule has 2 N–H and O–H groups in total. The molecule has 0 radical (unpaired) electrons. The van der Waals surface area contributed by atoms with E-state index >= 15 is 0 Å². The lowest BCUT2D eigenvalue weighted by Crippen LogP contribution is -2.53. The molecular weight excluding hydrogens is 269 g/mol. The minimum atomic E-state index is -4.55. The van der Waals surface area contributed by atoms with Crippen molar-refractivity contribution in [1.29, 1.82) is 0 Å². The minimum absolute atomic E-state index is 0.334. The number of amides is 2. The van der Waals surface area contributed by atoms with Gasteiger partial charge in [-0.05, 0) is 13.8 Å². The standard InChI is InChI=1S/C10H17F3N2O4/c1-6(2)15(5-10(11,12)13)9(18)14-7(4-19-3)8(16)17/h6-7H,4-5H2,1-3H3,(H,14,18)(H,16,17). The molecule has 9 heteroatoms. The van der Waals surface area contributed by atoms with Gasteiger partial charge in [-0.25, -0.2) is 9.59 Å². The molecule has 0 aromatic rings. The number of alkyl halides is 3. The fourth-order valence-corrected chi connectivity index (χ4v) is 1.26. The molecule has 0 rings (SSSR count). The lowest BCUT2D eigenvalue weighted by atomic mass is 10.3. The number of hydrogen-bond acceptors (Lipinski definition) is 3. The number of halogens is 3. The Labute approximate surface area is 108 Å². The number of nitrogens with zero attached hydrogens (tertiary/aromatic N) is 1. The van der Waals surface area contributed by atoms with Crippen LogP contribution in [0.3, 0.4) is 0 Å². The lowest BCUT2D eigenvalue weighted by Gasteiger charge is -2.29. The van der Waals surface area contributed by atoms with Crippen molar-refractivity contribution in [2.75, 3.05) is 20.3 Å². The van der Waals surface area contributed by atoms with Gasteiger partial charge in [0.2, 0.25) is 0 Å². The van der Waals surface area contributed by atoms with Crippen LogP contribution in [0.15, 0.2) is 0 Å². The molecule has 0 aromatic heterocycles. The largest absolute Gasteiger partial charge is 0.480 e. The van der Waals surface area contributed by atoms with Gasteiger partial charge in [0.15, 0.2) is 6.04 Å². The zero-order valence-corrected chi connectivity index (χ0v) is 10.8. The maximum absolute atomic E-state index is 12.3. The van der Waals surface area contributed by atoms with E-state index in [-0.39, 0.29) is 6.61 Å². The molecule has 0 heterocycles. The fraction of sp³-hybridized carbons (Fsp3) is 0.800. The molecule has 0 aromatic carbocycles. The van der Waals surface area contributed by atoms with E-state index in [1.54, 1.807) is 0 Å². The van der Waals surface area contributed by atoms with Gasteiger partial charge in [0.1, 0.15) is 6.54 Å². The van der Waals surface area contributed by atoms with E-state index in [1.165, 1.54) is 21.0 Å². The molecule has 2 amide bonds. The third kappa shape index (κ3) is 6.85. The van der Waals surface area contributed by atoms with E-state index in [0.717, 1.165) is 0 Å². The van der Waals surface area contributed by atoms with Crippen LogP contribution < -0.4 is 5.32 Å². The quantitative estimate of drug-likeness (QED) is 0.765. The number of carboxylic acids is 1. The highest BCUT2D eigenvalue weighted by atomic mass is 19.4. The van der Waals surface area contributed by atoms with Crippen molar-refractivity contribution in [1.82, 2.24) is 10.2 Å². The van der Waals surface area contributed by atoms with Crippen LogP contribution in [0.1, 0.15) is 13.8 Å². The van der Waals surface area contributed by atoms with Crippen LogP contribution in [0.2, 0.25) is 0 Å². The van der Waals surface area contributed by atoms with E-state index < -0.39 is 36.8 Å². The second-order valence-electron chi connectivity index (χ2n) is 4.13. The highest BCUT2D eigenvalue weighted by Crippen LogP contribution is 2.18. The molecule has 112 valence electrons. The first kappa shape index (κ1) is 17.5. The van der Waals surface area contributed by atoms with Crippen LogP contribution in [-0.4, -0.2) is 60.5 Å². The fourth-order valence-electron chi connectivity index (χ4n) is 1.26. The summed E-state index contributed by atoms with van der Waals surface area (Å²) in [4.78, 5) is 22.9. The maximum Gasteiger partial charge on any atom is 0.406 e. The summed E-state index contributed by atoms with van der Waals surface area (Å²) in [5.41, 5.74) is 0. The third-order valence-electron chi connectivity index (χ3n) is 2.16. The summed E-state index contributed by atoms with van der Waals surface area (Å²) in [6.07, 6.45) is -4.55. The molecular formula is C10H17F3N2O4. The van der Waals surface area contributed by atoms with Gasteiger partial charge in [-0.1, -0.05) is 0 Å². The topological polar surface area (TPSA) is 78.9 Å². The highest BCUT2D eigenvalue weighted by Gasteiger charge is 2.35. The Balaban J connectivity index is 4.76. The number of carbonyl (C=O) groups excluding carboxylic acids is 1. The zero-order valence-electron chi connectivity index (χ0n) is 10.8. The summed E-state index contributed by atoms with van der Waals surface area (Å²) in [5, 5.41) is 10.8. The van der Waals surface area contributed by atoms with Crippen molar-refractivity contribution in [2.45, 2.75) is 32.1 Å². The van der Waals surface area contributed by atoms with Gasteiger partial charge < -0.3 is 20.1 Å². The highest BCUT2D eigenvalue weighted by molar-refractivity contribution is 5.82. The predicted octanol–water partition coefficient (Wildman–Crippen LogP) is 1.07. The molecule has 1 unspecified atom stereocenters. The number of hydrogen-bond donors (Lipinski definition) is 2. The Morgan fingerprint density at radius 2 is 1.89 bits per heavy atom. The Morgan fingerprint density at radius 1 is 1.37 bits per heavy atom. The van der Waals surface area contributed by atoms with Crippen LogP contribution >= 0.6 is 0 Å². The van der Waals surface area contributed by atoms with Crippen molar-refractivity contribution in [3.8, 4) is 0 Å². The monoisotopic (exact) mass is 286 g/mol. The number of carboxylic acid groups (broad SMARTS) is 1.